The first kappa shape index (κ1) is 18.6. The molecule has 2 rings (SSSR count). The maximum Gasteiger partial charge on any atom is 0.270 e. The van der Waals surface area contributed by atoms with Crippen LogP contribution in [0.3, 0.4) is 0 Å². The van der Waals surface area contributed by atoms with Gasteiger partial charge in [-0.25, -0.2) is 0 Å². The molecule has 132 valence electrons. The predicted molar refractivity (Wildman–Crippen MR) is 94.5 cm³/mol. The topological polar surface area (TPSA) is 90.5 Å². The molecule has 1 fully saturated rings. The van der Waals surface area contributed by atoms with Gasteiger partial charge in [-0.2, -0.15) is 5.26 Å². The number of carbonyl (C=O) groups excluding carboxylic acids is 1. The minimum atomic E-state index is -0.460. The monoisotopic (exact) mass is 342 g/mol. The number of carbonyl (C=O) groups is 1. The zero-order chi connectivity index (χ0) is 18.4. The average molecular weight is 342 g/mol. The molecule has 0 N–H and O–H groups in total. The fourth-order valence-corrected chi connectivity index (χ4v) is 2.89. The van der Waals surface area contributed by atoms with E-state index >= 15 is 0 Å². The molecule has 1 aliphatic rings. The Balaban J connectivity index is 1.94. The quantitative estimate of drug-likeness (QED) is 0.465. The van der Waals surface area contributed by atoms with Crippen molar-refractivity contribution >= 4 is 17.7 Å². The standard InChI is InChI=1S/C18H22N4O3/c1-14(2)17(13-19)20-8-10-21(11-9-20)18(23)7-6-15-4-3-5-16(12-15)22(24)25/h3-7,12,14,17H,8-11H2,1-2H3/b7-6+/t17-/m1/s1. The van der Waals surface area contributed by atoms with Crippen molar-refractivity contribution in [3.63, 3.8) is 0 Å². The van der Waals surface area contributed by atoms with Crippen LogP contribution >= 0.6 is 0 Å². The highest BCUT2D eigenvalue weighted by atomic mass is 16.6. The van der Waals surface area contributed by atoms with E-state index in [2.05, 4.69) is 11.0 Å². The minimum Gasteiger partial charge on any atom is -0.337 e. The van der Waals surface area contributed by atoms with E-state index in [9.17, 15) is 20.2 Å². The van der Waals surface area contributed by atoms with E-state index in [0.717, 1.165) is 0 Å². The first-order valence-electron chi connectivity index (χ1n) is 8.27. The average Bonchev–Trinajstić information content (AvgIpc) is 2.61. The normalized spacial score (nSPS) is 16.8. The summed E-state index contributed by atoms with van der Waals surface area (Å²) in [7, 11) is 0. The smallest absolute Gasteiger partial charge is 0.270 e. The van der Waals surface area contributed by atoms with Crippen LogP contribution in [0.2, 0.25) is 0 Å². The fourth-order valence-electron chi connectivity index (χ4n) is 2.89. The van der Waals surface area contributed by atoms with Crippen LogP contribution in [-0.2, 0) is 4.79 Å². The second kappa shape index (κ2) is 8.40. The summed E-state index contributed by atoms with van der Waals surface area (Å²) < 4.78 is 0. The Morgan fingerprint density at radius 3 is 2.56 bits per heavy atom. The van der Waals surface area contributed by atoms with E-state index in [1.807, 2.05) is 13.8 Å². The molecule has 1 amide bonds. The highest BCUT2D eigenvalue weighted by molar-refractivity contribution is 5.91. The third kappa shape index (κ3) is 4.88. The molecule has 0 unspecified atom stereocenters. The number of nitro groups is 1. The SMILES string of the molecule is CC(C)[C@@H](C#N)N1CCN(C(=O)/C=C/c2cccc([N+](=O)[O-])c2)CC1. The molecule has 1 aromatic carbocycles. The van der Waals surface area contributed by atoms with Gasteiger partial charge in [0.2, 0.25) is 5.91 Å². The van der Waals surface area contributed by atoms with Gasteiger partial charge >= 0.3 is 0 Å². The second-order valence-corrected chi connectivity index (χ2v) is 6.36. The molecule has 1 aromatic rings. The van der Waals surface area contributed by atoms with Crippen molar-refractivity contribution < 1.29 is 9.72 Å². The first-order valence-corrected chi connectivity index (χ1v) is 8.27. The molecule has 0 bridgehead atoms. The van der Waals surface area contributed by atoms with Crippen molar-refractivity contribution in [3.8, 4) is 6.07 Å². The Bertz CT molecular complexity index is 701. The number of hydrogen-bond donors (Lipinski definition) is 0. The Morgan fingerprint density at radius 1 is 1.32 bits per heavy atom. The number of nitro benzene ring substituents is 1. The Hall–Kier alpha value is -2.72. The van der Waals surface area contributed by atoms with Crippen molar-refractivity contribution in [2.75, 3.05) is 26.2 Å². The van der Waals surface area contributed by atoms with Crippen LogP contribution in [0.25, 0.3) is 6.08 Å². The molecule has 0 aromatic heterocycles. The van der Waals surface area contributed by atoms with Crippen LogP contribution < -0.4 is 0 Å². The Kier molecular flexibility index (Phi) is 6.25. The van der Waals surface area contributed by atoms with Gasteiger partial charge in [-0.3, -0.25) is 19.8 Å². The molecule has 0 radical (unpaired) electrons. The third-order valence-electron chi connectivity index (χ3n) is 4.28. The van der Waals surface area contributed by atoms with Gasteiger partial charge in [-0.1, -0.05) is 26.0 Å². The highest BCUT2D eigenvalue weighted by Gasteiger charge is 2.26. The number of hydrogen-bond acceptors (Lipinski definition) is 5. The van der Waals surface area contributed by atoms with Crippen molar-refractivity contribution in [1.82, 2.24) is 9.80 Å². The predicted octanol–water partition coefficient (Wildman–Crippen LogP) is 2.30. The summed E-state index contributed by atoms with van der Waals surface area (Å²) in [6.07, 6.45) is 3.03. The van der Waals surface area contributed by atoms with Crippen molar-refractivity contribution in [1.29, 1.82) is 5.26 Å². The van der Waals surface area contributed by atoms with Crippen LogP contribution in [0.4, 0.5) is 5.69 Å². The molecule has 7 nitrogen and oxygen atoms in total. The summed E-state index contributed by atoms with van der Waals surface area (Å²) in [4.78, 5) is 26.5. The molecular formula is C18H22N4O3. The van der Waals surface area contributed by atoms with E-state index in [1.165, 1.54) is 18.2 Å². The molecule has 0 aliphatic carbocycles. The third-order valence-corrected chi connectivity index (χ3v) is 4.28. The van der Waals surface area contributed by atoms with Crippen LogP contribution in [0, 0.1) is 27.4 Å². The number of nitriles is 1. The first-order chi connectivity index (χ1) is 11.9. The molecule has 1 saturated heterocycles. The van der Waals surface area contributed by atoms with Gasteiger partial charge < -0.3 is 4.90 Å². The number of rotatable bonds is 5. The molecule has 7 heteroatoms. The van der Waals surface area contributed by atoms with E-state index < -0.39 is 4.92 Å². The van der Waals surface area contributed by atoms with Crippen molar-refractivity contribution in [2.24, 2.45) is 5.92 Å². The van der Waals surface area contributed by atoms with Crippen LogP contribution in [0.15, 0.2) is 30.3 Å². The lowest BCUT2D eigenvalue weighted by molar-refractivity contribution is -0.384. The lowest BCUT2D eigenvalue weighted by Crippen LogP contribution is -2.52. The van der Waals surface area contributed by atoms with Crippen LogP contribution in [0.5, 0.6) is 0 Å². The number of non-ortho nitro benzene ring substituents is 1. The van der Waals surface area contributed by atoms with Gasteiger partial charge in [-0.15, -0.1) is 0 Å². The summed E-state index contributed by atoms with van der Waals surface area (Å²) in [5.41, 5.74) is 0.616. The number of nitrogens with zero attached hydrogens (tertiary/aromatic N) is 4. The molecule has 25 heavy (non-hydrogen) atoms. The minimum absolute atomic E-state index is 0.000515. The van der Waals surface area contributed by atoms with Crippen molar-refractivity contribution in [3.05, 3.63) is 46.0 Å². The fraction of sp³-hybridized carbons (Fsp3) is 0.444. The maximum atomic E-state index is 12.3. The van der Waals surface area contributed by atoms with E-state index in [4.69, 9.17) is 0 Å². The molecule has 1 aliphatic heterocycles. The zero-order valence-corrected chi connectivity index (χ0v) is 14.5. The van der Waals surface area contributed by atoms with Crippen LogP contribution in [0.1, 0.15) is 19.4 Å². The van der Waals surface area contributed by atoms with Crippen molar-refractivity contribution in [2.45, 2.75) is 19.9 Å². The summed E-state index contributed by atoms with van der Waals surface area (Å²) in [5.74, 6) is 0.130. The maximum absolute atomic E-state index is 12.3. The Labute approximate surface area is 147 Å². The lowest BCUT2D eigenvalue weighted by atomic mass is 10.0. The van der Waals surface area contributed by atoms with E-state index in [-0.39, 0.29) is 23.6 Å². The van der Waals surface area contributed by atoms with Crippen LogP contribution in [-0.4, -0.2) is 52.9 Å². The lowest BCUT2D eigenvalue weighted by Gasteiger charge is -2.37. The zero-order valence-electron chi connectivity index (χ0n) is 14.5. The molecule has 0 saturated carbocycles. The molecule has 1 atom stereocenters. The highest BCUT2D eigenvalue weighted by Crippen LogP contribution is 2.15. The van der Waals surface area contributed by atoms with Gasteiger partial charge in [-0.05, 0) is 17.6 Å². The summed E-state index contributed by atoms with van der Waals surface area (Å²) >= 11 is 0. The van der Waals surface area contributed by atoms with Gasteiger partial charge in [0.05, 0.1) is 11.0 Å². The summed E-state index contributed by atoms with van der Waals surface area (Å²) in [6.45, 7) is 6.53. The van der Waals surface area contributed by atoms with Gasteiger partial charge in [0.15, 0.2) is 0 Å². The molecule has 1 heterocycles. The number of amides is 1. The van der Waals surface area contributed by atoms with E-state index in [0.29, 0.717) is 31.7 Å². The second-order valence-electron chi connectivity index (χ2n) is 6.36. The van der Waals surface area contributed by atoms with Gasteiger partial charge in [0, 0.05) is 44.4 Å². The largest absolute Gasteiger partial charge is 0.337 e. The number of benzene rings is 1. The molecule has 0 spiro atoms. The van der Waals surface area contributed by atoms with Gasteiger partial charge in [0.1, 0.15) is 6.04 Å². The molecular weight excluding hydrogens is 320 g/mol. The number of piperazine rings is 1. The summed E-state index contributed by atoms with van der Waals surface area (Å²) in [6, 6.07) is 8.36. The van der Waals surface area contributed by atoms with E-state index in [1.54, 1.807) is 23.1 Å². The van der Waals surface area contributed by atoms with Gasteiger partial charge in [0.25, 0.3) is 5.69 Å². The summed E-state index contributed by atoms with van der Waals surface area (Å²) in [5, 5.41) is 20.0. The Morgan fingerprint density at radius 2 is 2.00 bits per heavy atom.